The minimum Gasteiger partial charge on any atom is -0.490 e. The largest absolute Gasteiger partial charge is 0.490 e. The highest BCUT2D eigenvalue weighted by Gasteiger charge is 2.32. The van der Waals surface area contributed by atoms with E-state index in [0.717, 1.165) is 43.9 Å². The fourth-order valence-corrected chi connectivity index (χ4v) is 3.86. The Morgan fingerprint density at radius 2 is 1.84 bits per heavy atom. The lowest BCUT2D eigenvalue weighted by atomic mass is 9.95. The molecule has 2 aromatic carbocycles. The first-order valence-corrected chi connectivity index (χ1v) is 9.11. The average Bonchev–Trinajstić information content (AvgIpc) is 2.68. The number of anilines is 1. The van der Waals surface area contributed by atoms with Crippen molar-refractivity contribution in [1.82, 2.24) is 4.90 Å². The summed E-state index contributed by atoms with van der Waals surface area (Å²) in [5.74, 6) is 1.14. The lowest BCUT2D eigenvalue weighted by Gasteiger charge is -2.36. The molecule has 0 saturated carbocycles. The molecule has 1 unspecified atom stereocenters. The number of fused-ring (bicyclic) bond motifs is 1. The topological polar surface area (TPSA) is 32.8 Å². The number of carbonyl (C=O) groups is 1. The van der Waals surface area contributed by atoms with Crippen molar-refractivity contribution in [3.8, 4) is 5.75 Å². The molecule has 130 valence electrons. The van der Waals surface area contributed by atoms with Gasteiger partial charge >= 0.3 is 0 Å². The normalized spacial score (nSPS) is 20.6. The van der Waals surface area contributed by atoms with Crippen LogP contribution >= 0.6 is 0 Å². The quantitative estimate of drug-likeness (QED) is 0.862. The molecule has 2 aliphatic rings. The first-order valence-electron chi connectivity index (χ1n) is 9.11. The van der Waals surface area contributed by atoms with Gasteiger partial charge in [0.25, 0.3) is 0 Å². The standard InChI is InChI=1S/C21H24N2O2/c24-21(23-13-14-25-20-11-5-4-10-19(20)23)18-9-6-12-22(16-18)15-17-7-2-1-3-8-17/h1-5,7-8,10-11,18H,6,9,12-16H2. The third-order valence-corrected chi connectivity index (χ3v) is 5.10. The van der Waals surface area contributed by atoms with Gasteiger partial charge in [0.05, 0.1) is 18.2 Å². The van der Waals surface area contributed by atoms with Crippen LogP contribution < -0.4 is 9.64 Å². The third-order valence-electron chi connectivity index (χ3n) is 5.10. The maximum Gasteiger partial charge on any atom is 0.231 e. The zero-order chi connectivity index (χ0) is 17.1. The van der Waals surface area contributed by atoms with Crippen LogP contribution in [0, 0.1) is 5.92 Å². The summed E-state index contributed by atoms with van der Waals surface area (Å²) in [6.45, 7) is 4.05. The second kappa shape index (κ2) is 7.28. The highest BCUT2D eigenvalue weighted by Crippen LogP contribution is 2.33. The molecule has 4 rings (SSSR count). The Bertz CT molecular complexity index is 732. The summed E-state index contributed by atoms with van der Waals surface area (Å²) in [6, 6.07) is 18.4. The fourth-order valence-electron chi connectivity index (χ4n) is 3.86. The van der Waals surface area contributed by atoms with Crippen molar-refractivity contribution in [2.75, 3.05) is 31.1 Å². The second-order valence-electron chi connectivity index (χ2n) is 6.87. The molecule has 1 atom stereocenters. The van der Waals surface area contributed by atoms with E-state index in [1.807, 2.05) is 35.2 Å². The second-order valence-corrected chi connectivity index (χ2v) is 6.87. The monoisotopic (exact) mass is 336 g/mol. The molecule has 25 heavy (non-hydrogen) atoms. The van der Waals surface area contributed by atoms with Crippen LogP contribution in [0.1, 0.15) is 18.4 Å². The Labute approximate surface area is 149 Å². The molecule has 4 nitrogen and oxygen atoms in total. The van der Waals surface area contributed by atoms with Gasteiger partial charge in [-0.1, -0.05) is 42.5 Å². The van der Waals surface area contributed by atoms with E-state index in [2.05, 4.69) is 29.2 Å². The molecule has 2 aromatic rings. The van der Waals surface area contributed by atoms with Gasteiger partial charge in [0.2, 0.25) is 5.91 Å². The van der Waals surface area contributed by atoms with Gasteiger partial charge in [-0.05, 0) is 37.1 Å². The number of hydrogen-bond donors (Lipinski definition) is 0. The average molecular weight is 336 g/mol. The number of benzene rings is 2. The smallest absolute Gasteiger partial charge is 0.231 e. The van der Waals surface area contributed by atoms with Crippen LogP contribution in [0.25, 0.3) is 0 Å². The molecule has 0 radical (unpaired) electrons. The third kappa shape index (κ3) is 3.54. The molecule has 0 spiro atoms. The van der Waals surface area contributed by atoms with Crippen LogP contribution in [0.15, 0.2) is 54.6 Å². The van der Waals surface area contributed by atoms with E-state index >= 15 is 0 Å². The van der Waals surface area contributed by atoms with Gasteiger partial charge in [0.1, 0.15) is 12.4 Å². The first kappa shape index (κ1) is 16.2. The van der Waals surface area contributed by atoms with E-state index in [9.17, 15) is 4.79 Å². The van der Waals surface area contributed by atoms with Crippen molar-refractivity contribution in [1.29, 1.82) is 0 Å². The van der Waals surface area contributed by atoms with E-state index in [0.29, 0.717) is 13.2 Å². The summed E-state index contributed by atoms with van der Waals surface area (Å²) in [5.41, 5.74) is 2.23. The zero-order valence-corrected chi connectivity index (χ0v) is 14.4. The molecule has 2 heterocycles. The first-order chi connectivity index (χ1) is 12.3. The number of likely N-dealkylation sites (tertiary alicyclic amines) is 1. The van der Waals surface area contributed by atoms with Gasteiger partial charge in [0, 0.05) is 13.1 Å². The number of hydrogen-bond acceptors (Lipinski definition) is 3. The van der Waals surface area contributed by atoms with Crippen LogP contribution in [0.4, 0.5) is 5.69 Å². The van der Waals surface area contributed by atoms with Crippen LogP contribution in [0.2, 0.25) is 0 Å². The SMILES string of the molecule is O=C(C1CCCN(Cc2ccccc2)C1)N1CCOc2ccccc21. The predicted octanol–water partition coefficient (Wildman–Crippen LogP) is 3.32. The fraction of sp³-hybridized carbons (Fsp3) is 0.381. The Kier molecular flexibility index (Phi) is 4.70. The molecule has 1 amide bonds. The minimum atomic E-state index is 0.0728. The Balaban J connectivity index is 1.46. The Morgan fingerprint density at radius 1 is 1.04 bits per heavy atom. The van der Waals surface area contributed by atoms with Crippen LogP contribution in [-0.4, -0.2) is 37.0 Å². The van der Waals surface area contributed by atoms with Gasteiger partial charge < -0.3 is 9.64 Å². The number of para-hydroxylation sites is 2. The van der Waals surface area contributed by atoms with Gasteiger partial charge in [0.15, 0.2) is 0 Å². The molecule has 4 heteroatoms. The van der Waals surface area contributed by atoms with E-state index in [-0.39, 0.29) is 11.8 Å². The molecule has 0 aromatic heterocycles. The summed E-state index contributed by atoms with van der Waals surface area (Å²) in [6.07, 6.45) is 2.05. The number of rotatable bonds is 3. The van der Waals surface area contributed by atoms with Gasteiger partial charge in [-0.3, -0.25) is 9.69 Å². The number of piperidine rings is 1. The Morgan fingerprint density at radius 3 is 2.72 bits per heavy atom. The summed E-state index contributed by atoms with van der Waals surface area (Å²) in [7, 11) is 0. The zero-order valence-electron chi connectivity index (χ0n) is 14.4. The van der Waals surface area contributed by atoms with Crippen LogP contribution in [0.5, 0.6) is 5.75 Å². The summed E-state index contributed by atoms with van der Waals surface area (Å²) < 4.78 is 5.69. The maximum atomic E-state index is 13.2. The Hall–Kier alpha value is -2.33. The molecule has 1 fully saturated rings. The maximum absolute atomic E-state index is 13.2. The molecule has 0 aliphatic carbocycles. The molecule has 0 bridgehead atoms. The highest BCUT2D eigenvalue weighted by molar-refractivity contribution is 5.97. The van der Waals surface area contributed by atoms with Crippen molar-refractivity contribution >= 4 is 11.6 Å². The van der Waals surface area contributed by atoms with E-state index in [1.165, 1.54) is 5.56 Å². The molecule has 1 saturated heterocycles. The number of amides is 1. The van der Waals surface area contributed by atoms with Crippen molar-refractivity contribution in [2.24, 2.45) is 5.92 Å². The van der Waals surface area contributed by atoms with Crippen molar-refractivity contribution < 1.29 is 9.53 Å². The van der Waals surface area contributed by atoms with Crippen molar-refractivity contribution in [3.63, 3.8) is 0 Å². The van der Waals surface area contributed by atoms with Crippen molar-refractivity contribution in [3.05, 3.63) is 60.2 Å². The van der Waals surface area contributed by atoms with E-state index < -0.39 is 0 Å². The highest BCUT2D eigenvalue weighted by atomic mass is 16.5. The van der Waals surface area contributed by atoms with Crippen LogP contribution in [-0.2, 0) is 11.3 Å². The van der Waals surface area contributed by atoms with Crippen LogP contribution in [0.3, 0.4) is 0 Å². The number of ether oxygens (including phenoxy) is 1. The number of carbonyl (C=O) groups excluding carboxylic acids is 1. The minimum absolute atomic E-state index is 0.0728. The molecule has 0 N–H and O–H groups in total. The lowest BCUT2D eigenvalue weighted by Crippen LogP contribution is -2.47. The molecule has 2 aliphatic heterocycles. The van der Waals surface area contributed by atoms with Gasteiger partial charge in [-0.2, -0.15) is 0 Å². The lowest BCUT2D eigenvalue weighted by molar-refractivity contribution is -0.124. The van der Waals surface area contributed by atoms with E-state index in [4.69, 9.17) is 4.74 Å². The number of nitrogens with zero attached hydrogens (tertiary/aromatic N) is 2. The molecular weight excluding hydrogens is 312 g/mol. The van der Waals surface area contributed by atoms with Gasteiger partial charge in [-0.25, -0.2) is 0 Å². The summed E-state index contributed by atoms with van der Waals surface area (Å²) in [4.78, 5) is 17.5. The summed E-state index contributed by atoms with van der Waals surface area (Å²) in [5, 5.41) is 0. The van der Waals surface area contributed by atoms with E-state index in [1.54, 1.807) is 0 Å². The predicted molar refractivity (Wildman–Crippen MR) is 98.7 cm³/mol. The summed E-state index contributed by atoms with van der Waals surface area (Å²) >= 11 is 0. The van der Waals surface area contributed by atoms with Crippen molar-refractivity contribution in [2.45, 2.75) is 19.4 Å². The molecular formula is C21H24N2O2. The van der Waals surface area contributed by atoms with Gasteiger partial charge in [-0.15, -0.1) is 0 Å².